The van der Waals surface area contributed by atoms with Gasteiger partial charge in [0.15, 0.2) is 0 Å². The number of hydrogen-bond acceptors (Lipinski definition) is 3. The van der Waals surface area contributed by atoms with Crippen molar-refractivity contribution in [2.45, 2.75) is 32.9 Å². The van der Waals surface area contributed by atoms with E-state index in [0.29, 0.717) is 6.54 Å². The summed E-state index contributed by atoms with van der Waals surface area (Å²) in [4.78, 5) is 2.32. The summed E-state index contributed by atoms with van der Waals surface area (Å²) in [5, 5.41) is 0. The summed E-state index contributed by atoms with van der Waals surface area (Å²) < 4.78 is 5.38. The van der Waals surface area contributed by atoms with E-state index in [1.54, 1.807) is 7.11 Å². The van der Waals surface area contributed by atoms with Crippen molar-refractivity contribution < 1.29 is 4.74 Å². The van der Waals surface area contributed by atoms with Crippen LogP contribution in [0.1, 0.15) is 30.9 Å². The van der Waals surface area contributed by atoms with Crippen LogP contribution in [0, 0.1) is 0 Å². The Morgan fingerprint density at radius 2 is 2.12 bits per heavy atom. The molecular weight excluding hydrogens is 212 g/mol. The molecule has 0 aromatic heterocycles. The van der Waals surface area contributed by atoms with Gasteiger partial charge in [0.2, 0.25) is 0 Å². The number of benzene rings is 1. The van der Waals surface area contributed by atoms with Crippen molar-refractivity contribution in [3.63, 3.8) is 0 Å². The van der Waals surface area contributed by atoms with Crippen molar-refractivity contribution in [2.75, 3.05) is 20.7 Å². The van der Waals surface area contributed by atoms with Crippen molar-refractivity contribution in [2.24, 2.45) is 5.73 Å². The average molecular weight is 236 g/mol. The van der Waals surface area contributed by atoms with Gasteiger partial charge in [-0.1, -0.05) is 19.4 Å². The summed E-state index contributed by atoms with van der Waals surface area (Å²) in [7, 11) is 3.86. The molecule has 96 valence electrons. The first-order valence-corrected chi connectivity index (χ1v) is 6.25. The van der Waals surface area contributed by atoms with Gasteiger partial charge in [0.05, 0.1) is 7.11 Å². The Morgan fingerprint density at radius 1 is 1.35 bits per heavy atom. The van der Waals surface area contributed by atoms with Crippen LogP contribution in [-0.2, 0) is 13.1 Å². The second-order valence-electron chi connectivity index (χ2n) is 4.44. The maximum atomic E-state index is 5.67. The molecule has 0 spiro atoms. The Hall–Kier alpha value is -1.06. The van der Waals surface area contributed by atoms with Crippen LogP contribution >= 0.6 is 0 Å². The van der Waals surface area contributed by atoms with Crippen LogP contribution in [0.5, 0.6) is 5.75 Å². The maximum Gasteiger partial charge on any atom is 0.123 e. The van der Waals surface area contributed by atoms with E-state index in [1.807, 2.05) is 12.1 Å². The standard InChI is InChI=1S/C14H24N2O/c1-4-5-8-16(2)11-13-9-12(10-15)6-7-14(13)17-3/h6-7,9H,4-5,8,10-11,15H2,1-3H3. The Labute approximate surface area is 105 Å². The van der Waals surface area contributed by atoms with Gasteiger partial charge in [-0.2, -0.15) is 0 Å². The number of rotatable bonds is 7. The van der Waals surface area contributed by atoms with Crippen molar-refractivity contribution in [1.82, 2.24) is 4.90 Å². The van der Waals surface area contributed by atoms with Gasteiger partial charge in [-0.3, -0.25) is 0 Å². The monoisotopic (exact) mass is 236 g/mol. The zero-order valence-electron chi connectivity index (χ0n) is 11.2. The Balaban J connectivity index is 2.72. The predicted molar refractivity (Wildman–Crippen MR) is 72.1 cm³/mol. The number of ether oxygens (including phenoxy) is 1. The molecule has 0 aliphatic rings. The molecule has 0 saturated heterocycles. The van der Waals surface area contributed by atoms with Gasteiger partial charge in [0.1, 0.15) is 5.75 Å². The molecule has 0 aliphatic heterocycles. The lowest BCUT2D eigenvalue weighted by Crippen LogP contribution is -2.19. The Bertz CT molecular complexity index is 339. The van der Waals surface area contributed by atoms with E-state index >= 15 is 0 Å². The first-order chi connectivity index (χ1) is 8.21. The van der Waals surface area contributed by atoms with Gasteiger partial charge in [0, 0.05) is 18.7 Å². The SMILES string of the molecule is CCCCN(C)Cc1cc(CN)ccc1OC. The van der Waals surface area contributed by atoms with Crippen molar-refractivity contribution >= 4 is 0 Å². The van der Waals surface area contributed by atoms with Gasteiger partial charge in [-0.15, -0.1) is 0 Å². The molecule has 0 radical (unpaired) electrons. The first kappa shape index (κ1) is 14.0. The van der Waals surface area contributed by atoms with Crippen molar-refractivity contribution in [3.8, 4) is 5.75 Å². The molecule has 1 aromatic rings. The summed E-state index contributed by atoms with van der Waals surface area (Å²) >= 11 is 0. The zero-order chi connectivity index (χ0) is 12.7. The lowest BCUT2D eigenvalue weighted by Gasteiger charge is -2.18. The normalized spacial score (nSPS) is 10.9. The summed E-state index contributed by atoms with van der Waals surface area (Å²) in [5.41, 5.74) is 8.04. The molecule has 0 atom stereocenters. The van der Waals surface area contributed by atoms with Crippen LogP contribution in [0.4, 0.5) is 0 Å². The number of hydrogen-bond donors (Lipinski definition) is 1. The lowest BCUT2D eigenvalue weighted by molar-refractivity contribution is 0.312. The third-order valence-corrected chi connectivity index (χ3v) is 2.91. The quantitative estimate of drug-likeness (QED) is 0.790. The first-order valence-electron chi connectivity index (χ1n) is 6.25. The molecule has 0 aliphatic carbocycles. The van der Waals surface area contributed by atoms with Gasteiger partial charge in [0.25, 0.3) is 0 Å². The summed E-state index contributed by atoms with van der Waals surface area (Å²) in [6.45, 7) is 4.82. The van der Waals surface area contributed by atoms with E-state index < -0.39 is 0 Å². The average Bonchev–Trinajstić information content (AvgIpc) is 2.36. The molecule has 2 N–H and O–H groups in total. The summed E-state index contributed by atoms with van der Waals surface area (Å²) in [6.07, 6.45) is 2.46. The fraction of sp³-hybridized carbons (Fsp3) is 0.571. The van der Waals surface area contributed by atoms with Crippen molar-refractivity contribution in [1.29, 1.82) is 0 Å². The molecule has 0 bridgehead atoms. The largest absolute Gasteiger partial charge is 0.496 e. The minimum absolute atomic E-state index is 0.579. The van der Waals surface area contributed by atoms with E-state index in [4.69, 9.17) is 10.5 Å². The minimum atomic E-state index is 0.579. The maximum absolute atomic E-state index is 5.67. The highest BCUT2D eigenvalue weighted by atomic mass is 16.5. The Morgan fingerprint density at radius 3 is 2.71 bits per heavy atom. The number of unbranched alkanes of at least 4 members (excludes halogenated alkanes) is 1. The van der Waals surface area contributed by atoms with Crippen LogP contribution in [-0.4, -0.2) is 25.6 Å². The van der Waals surface area contributed by atoms with E-state index in [9.17, 15) is 0 Å². The highest BCUT2D eigenvalue weighted by Gasteiger charge is 2.07. The molecule has 0 fully saturated rings. The predicted octanol–water partition coefficient (Wildman–Crippen LogP) is 2.39. The second-order valence-corrected chi connectivity index (χ2v) is 4.44. The van der Waals surface area contributed by atoms with Crippen LogP contribution in [0.2, 0.25) is 0 Å². The van der Waals surface area contributed by atoms with Gasteiger partial charge in [-0.25, -0.2) is 0 Å². The zero-order valence-corrected chi connectivity index (χ0v) is 11.2. The van der Waals surface area contributed by atoms with Crippen LogP contribution < -0.4 is 10.5 Å². The third kappa shape index (κ3) is 4.36. The van der Waals surface area contributed by atoms with E-state index in [-0.39, 0.29) is 0 Å². The van der Waals surface area contributed by atoms with E-state index in [0.717, 1.165) is 24.4 Å². The molecule has 3 heteroatoms. The van der Waals surface area contributed by atoms with Crippen LogP contribution in [0.15, 0.2) is 18.2 Å². The minimum Gasteiger partial charge on any atom is -0.496 e. The van der Waals surface area contributed by atoms with E-state index in [2.05, 4.69) is 24.9 Å². The van der Waals surface area contributed by atoms with Crippen LogP contribution in [0.3, 0.4) is 0 Å². The summed E-state index contributed by atoms with van der Waals surface area (Å²) in [6, 6.07) is 6.17. The topological polar surface area (TPSA) is 38.5 Å². The lowest BCUT2D eigenvalue weighted by atomic mass is 10.1. The third-order valence-electron chi connectivity index (χ3n) is 2.91. The van der Waals surface area contributed by atoms with Gasteiger partial charge < -0.3 is 15.4 Å². The molecule has 0 unspecified atom stereocenters. The second kappa shape index (κ2) is 7.30. The number of nitrogens with two attached hydrogens (primary N) is 1. The highest BCUT2D eigenvalue weighted by Crippen LogP contribution is 2.21. The smallest absolute Gasteiger partial charge is 0.123 e. The molecular formula is C14H24N2O. The van der Waals surface area contributed by atoms with Gasteiger partial charge >= 0.3 is 0 Å². The molecule has 1 aromatic carbocycles. The number of methoxy groups -OCH3 is 1. The summed E-state index contributed by atoms with van der Waals surface area (Å²) in [5.74, 6) is 0.950. The molecule has 0 amide bonds. The fourth-order valence-corrected chi connectivity index (χ4v) is 1.88. The van der Waals surface area contributed by atoms with Crippen LogP contribution in [0.25, 0.3) is 0 Å². The molecule has 0 saturated carbocycles. The van der Waals surface area contributed by atoms with Crippen molar-refractivity contribution in [3.05, 3.63) is 29.3 Å². The fourth-order valence-electron chi connectivity index (χ4n) is 1.88. The molecule has 1 rings (SSSR count). The Kier molecular flexibility index (Phi) is 6.01. The molecule has 3 nitrogen and oxygen atoms in total. The number of nitrogens with zero attached hydrogens (tertiary/aromatic N) is 1. The highest BCUT2D eigenvalue weighted by molar-refractivity contribution is 5.37. The van der Waals surface area contributed by atoms with E-state index in [1.165, 1.54) is 18.4 Å². The molecule has 17 heavy (non-hydrogen) atoms. The van der Waals surface area contributed by atoms with Gasteiger partial charge in [-0.05, 0) is 37.7 Å². The molecule has 0 heterocycles.